The fraction of sp³-hybridized carbons (Fsp3) is 0.440. The molecule has 0 aliphatic rings. The van der Waals surface area contributed by atoms with Crippen LogP contribution in [0.15, 0.2) is 104 Å². The van der Waals surface area contributed by atoms with Crippen LogP contribution in [-0.2, 0) is 62.0 Å². The molecule has 1 heterocycles. The highest BCUT2D eigenvalue weighted by molar-refractivity contribution is 5.97. The number of carbonyl (C=O) groups is 7. The number of hydrogen-bond acceptors (Lipinski definition) is 11. The van der Waals surface area contributed by atoms with Crippen molar-refractivity contribution in [1.82, 2.24) is 36.1 Å². The number of alkyl carbamates (subject to hydrolysis) is 1. The van der Waals surface area contributed by atoms with Crippen molar-refractivity contribution >= 4 is 41.7 Å². The molecule has 3 aromatic carbocycles. The molecule has 4 aromatic rings. The van der Waals surface area contributed by atoms with Gasteiger partial charge in [-0.05, 0) is 70.6 Å². The van der Waals surface area contributed by atoms with Crippen LogP contribution in [0.4, 0.5) is 4.79 Å². The molecule has 0 saturated carbocycles. The molecule has 5 N–H and O–H groups in total. The first kappa shape index (κ1) is 52.6. The van der Waals surface area contributed by atoms with Gasteiger partial charge in [0, 0.05) is 31.8 Å². The predicted molar refractivity (Wildman–Crippen MR) is 250 cm³/mol. The third-order valence-corrected chi connectivity index (χ3v) is 10.4. The van der Waals surface area contributed by atoms with Crippen molar-refractivity contribution < 1.29 is 47.8 Å². The van der Waals surface area contributed by atoms with E-state index in [0.29, 0.717) is 22.4 Å². The van der Waals surface area contributed by atoms with Gasteiger partial charge in [-0.2, -0.15) is 0 Å². The van der Waals surface area contributed by atoms with Crippen molar-refractivity contribution in [2.45, 2.75) is 122 Å². The molecule has 0 saturated heterocycles. The Bertz CT molecular complexity index is 2210. The summed E-state index contributed by atoms with van der Waals surface area (Å²) in [4.78, 5) is 101. The van der Waals surface area contributed by atoms with E-state index in [1.807, 2.05) is 91.0 Å². The zero-order chi connectivity index (χ0) is 49.5. The molecule has 0 unspecified atom stereocenters. The molecule has 0 fully saturated rings. The van der Waals surface area contributed by atoms with Crippen molar-refractivity contribution in [3.05, 3.63) is 126 Å². The molecule has 5 amide bonds. The molecule has 17 nitrogen and oxygen atoms in total. The second kappa shape index (κ2) is 23.4. The lowest BCUT2D eigenvalue weighted by Gasteiger charge is -2.37. The lowest BCUT2D eigenvalue weighted by Crippen LogP contribution is -2.60. The minimum atomic E-state index is -1.71. The Morgan fingerprint density at radius 1 is 0.642 bits per heavy atom. The summed E-state index contributed by atoms with van der Waals surface area (Å²) in [6, 6.07) is 22.1. The predicted octanol–water partition coefficient (Wildman–Crippen LogP) is 4.76. The van der Waals surface area contributed by atoms with Crippen LogP contribution in [0.2, 0.25) is 0 Å². The molecule has 0 bridgehead atoms. The van der Waals surface area contributed by atoms with Crippen LogP contribution in [0.1, 0.15) is 97.0 Å². The molecular formula is C50H65N7O10. The molecule has 1 aromatic heterocycles. The zero-order valence-corrected chi connectivity index (χ0v) is 40.0. The van der Waals surface area contributed by atoms with E-state index < -0.39 is 94.9 Å². The molecular weight excluding hydrogens is 859 g/mol. The van der Waals surface area contributed by atoms with Gasteiger partial charge in [-0.3, -0.25) is 24.0 Å². The Morgan fingerprint density at radius 3 is 1.57 bits per heavy atom. The SMILES string of the molecule is COC(=O)[C@H](NC(=O)[C@@H](CCC(=O)OC(C)(C)C)NC(=O)[C@H](CC(=O)NC(c1ccccc1)(c1ccccc1)c1ccccc1)NC(=O)[C@H](Cc1cncn1C)NC(=O)OC(C)(C)C)C(C)C. The summed E-state index contributed by atoms with van der Waals surface area (Å²) in [5, 5.41) is 13.7. The number of carbonyl (C=O) groups excluding carboxylic acids is 7. The smallest absolute Gasteiger partial charge is 0.408 e. The number of methoxy groups -OCH3 is 1. The molecule has 4 rings (SSSR count). The molecule has 0 radical (unpaired) electrons. The highest BCUT2D eigenvalue weighted by Crippen LogP contribution is 2.37. The first-order valence-electron chi connectivity index (χ1n) is 22.2. The lowest BCUT2D eigenvalue weighted by molar-refractivity contribution is -0.155. The van der Waals surface area contributed by atoms with Crippen molar-refractivity contribution in [2.24, 2.45) is 13.0 Å². The van der Waals surface area contributed by atoms with Gasteiger partial charge in [0.05, 0.1) is 19.9 Å². The molecule has 0 aliphatic carbocycles. The van der Waals surface area contributed by atoms with Crippen molar-refractivity contribution in [1.29, 1.82) is 0 Å². The van der Waals surface area contributed by atoms with Crippen LogP contribution in [0, 0.1) is 5.92 Å². The molecule has 360 valence electrons. The maximum absolute atomic E-state index is 14.8. The number of aromatic nitrogens is 2. The normalized spacial score (nSPS) is 13.5. The minimum absolute atomic E-state index is 0.105. The summed E-state index contributed by atoms with van der Waals surface area (Å²) in [6.45, 7) is 13.4. The largest absolute Gasteiger partial charge is 0.467 e. The standard InChI is InChI=1S/C50H65N7O10/c1-32(2)42(46(63)65-10)55-43(60)37(26-27-41(59)66-48(3,4)5)52-45(62)39(53-44(61)38(28-36-30-51-31-57(36)9)54-47(64)67-49(6,7)8)29-40(58)56-50(33-20-14-11-15-21-33,34-22-16-12-17-23-34)35-24-18-13-19-25-35/h11-25,30-32,37-39,42H,26-29H2,1-10H3,(H,52,62)(H,53,61)(H,54,64)(H,55,60)(H,56,58)/t37-,38+,39+,42-/m1/s1. The van der Waals surface area contributed by atoms with Crippen LogP contribution < -0.4 is 26.6 Å². The summed E-state index contributed by atoms with van der Waals surface area (Å²) in [7, 11) is 2.88. The van der Waals surface area contributed by atoms with Gasteiger partial charge in [0.2, 0.25) is 23.6 Å². The van der Waals surface area contributed by atoms with Crippen LogP contribution in [0.5, 0.6) is 0 Å². The number of nitrogens with zero attached hydrogens (tertiary/aromatic N) is 2. The fourth-order valence-corrected chi connectivity index (χ4v) is 7.23. The average molecular weight is 924 g/mol. The minimum Gasteiger partial charge on any atom is -0.467 e. The summed E-state index contributed by atoms with van der Waals surface area (Å²) in [6.07, 6.45) is 0.684. The van der Waals surface area contributed by atoms with Gasteiger partial charge < -0.3 is 45.4 Å². The Morgan fingerprint density at radius 2 is 1.12 bits per heavy atom. The molecule has 0 spiro atoms. The summed E-state index contributed by atoms with van der Waals surface area (Å²) in [5.74, 6) is -5.25. The summed E-state index contributed by atoms with van der Waals surface area (Å²) >= 11 is 0. The monoisotopic (exact) mass is 923 g/mol. The third-order valence-electron chi connectivity index (χ3n) is 10.4. The van der Waals surface area contributed by atoms with E-state index >= 15 is 0 Å². The fourth-order valence-electron chi connectivity index (χ4n) is 7.23. The first-order valence-corrected chi connectivity index (χ1v) is 22.2. The van der Waals surface area contributed by atoms with E-state index in [1.54, 1.807) is 67.0 Å². The van der Waals surface area contributed by atoms with Gasteiger partial charge >= 0.3 is 18.0 Å². The van der Waals surface area contributed by atoms with Crippen LogP contribution in [0.25, 0.3) is 0 Å². The highest BCUT2D eigenvalue weighted by atomic mass is 16.6. The number of hydrogen-bond donors (Lipinski definition) is 5. The van der Waals surface area contributed by atoms with Crippen LogP contribution in [0.3, 0.4) is 0 Å². The number of rotatable bonds is 20. The van der Waals surface area contributed by atoms with Gasteiger partial charge in [-0.15, -0.1) is 0 Å². The number of amides is 5. The Kier molecular flexibility index (Phi) is 18.4. The Labute approximate surface area is 392 Å². The van der Waals surface area contributed by atoms with Gasteiger partial charge in [0.1, 0.15) is 40.9 Å². The second-order valence-corrected chi connectivity index (χ2v) is 18.5. The van der Waals surface area contributed by atoms with Crippen molar-refractivity contribution in [3.8, 4) is 0 Å². The molecule has 4 atom stereocenters. The number of imidazole rings is 1. The molecule has 0 aliphatic heterocycles. The number of ether oxygens (including phenoxy) is 3. The first-order chi connectivity index (χ1) is 31.5. The Hall–Kier alpha value is -7.04. The second-order valence-electron chi connectivity index (χ2n) is 18.5. The van der Waals surface area contributed by atoms with E-state index in [1.165, 1.54) is 19.6 Å². The van der Waals surface area contributed by atoms with E-state index in [9.17, 15) is 33.6 Å². The van der Waals surface area contributed by atoms with Crippen molar-refractivity contribution in [3.63, 3.8) is 0 Å². The number of aryl methyl sites for hydroxylation is 1. The Balaban J connectivity index is 1.81. The number of benzene rings is 3. The number of nitrogens with one attached hydrogen (secondary N) is 5. The zero-order valence-electron chi connectivity index (χ0n) is 40.0. The van der Waals surface area contributed by atoms with E-state index in [4.69, 9.17) is 14.2 Å². The number of esters is 2. The highest BCUT2D eigenvalue weighted by Gasteiger charge is 2.40. The van der Waals surface area contributed by atoms with E-state index in [-0.39, 0.29) is 19.3 Å². The van der Waals surface area contributed by atoms with Gasteiger partial charge in [-0.1, -0.05) is 105 Å². The van der Waals surface area contributed by atoms with Gasteiger partial charge in [0.15, 0.2) is 0 Å². The third kappa shape index (κ3) is 15.5. The van der Waals surface area contributed by atoms with Gasteiger partial charge in [-0.25, -0.2) is 14.6 Å². The van der Waals surface area contributed by atoms with Crippen LogP contribution in [-0.4, -0.2) is 93.7 Å². The maximum Gasteiger partial charge on any atom is 0.408 e. The van der Waals surface area contributed by atoms with E-state index in [0.717, 1.165) is 0 Å². The molecule has 67 heavy (non-hydrogen) atoms. The molecule has 17 heteroatoms. The lowest BCUT2D eigenvalue weighted by atomic mass is 9.77. The van der Waals surface area contributed by atoms with E-state index in [2.05, 4.69) is 31.6 Å². The maximum atomic E-state index is 14.8. The van der Waals surface area contributed by atoms with Gasteiger partial charge in [0.25, 0.3) is 0 Å². The van der Waals surface area contributed by atoms with Crippen LogP contribution >= 0.6 is 0 Å². The topological polar surface area (TPSA) is 225 Å². The van der Waals surface area contributed by atoms with Crippen molar-refractivity contribution in [2.75, 3.05) is 7.11 Å². The average Bonchev–Trinajstić information content (AvgIpc) is 3.68. The quantitative estimate of drug-likeness (QED) is 0.0462. The summed E-state index contributed by atoms with van der Waals surface area (Å²) < 4.78 is 17.5. The summed E-state index contributed by atoms with van der Waals surface area (Å²) in [5.41, 5.74) is -0.506.